The summed E-state index contributed by atoms with van der Waals surface area (Å²) >= 11 is 0. The van der Waals surface area contributed by atoms with Crippen LogP contribution in [0.1, 0.15) is 56.9 Å². The molecule has 8 heteroatoms. The lowest BCUT2D eigenvalue weighted by Gasteiger charge is -2.32. The van der Waals surface area contributed by atoms with E-state index in [0.29, 0.717) is 36.6 Å². The average Bonchev–Trinajstić information content (AvgIpc) is 3.12. The van der Waals surface area contributed by atoms with Crippen molar-refractivity contribution in [3.05, 3.63) is 45.3 Å². The van der Waals surface area contributed by atoms with Gasteiger partial charge in [0.2, 0.25) is 10.0 Å². The molecule has 3 rings (SSSR count). The van der Waals surface area contributed by atoms with Crippen LogP contribution in [0, 0.1) is 41.5 Å². The zero-order chi connectivity index (χ0) is 21.5. The predicted octanol–water partition coefficient (Wildman–Crippen LogP) is 3.11. The van der Waals surface area contributed by atoms with Crippen LogP contribution < -0.4 is 5.32 Å². The molecule has 0 atom stereocenters. The lowest BCUT2D eigenvalue weighted by atomic mass is 9.95. The molecule has 1 aromatic carbocycles. The number of nitrogens with one attached hydrogen (secondary N) is 1. The summed E-state index contributed by atoms with van der Waals surface area (Å²) in [6.07, 6.45) is 1.12. The highest BCUT2D eigenvalue weighted by Crippen LogP contribution is 2.32. The molecule has 7 nitrogen and oxygen atoms in total. The maximum absolute atomic E-state index is 13.4. The van der Waals surface area contributed by atoms with Gasteiger partial charge in [-0.15, -0.1) is 0 Å². The van der Waals surface area contributed by atoms with E-state index in [1.165, 1.54) is 0 Å². The number of sulfonamides is 1. The third kappa shape index (κ3) is 3.96. The molecule has 2 aromatic rings. The van der Waals surface area contributed by atoms with E-state index >= 15 is 0 Å². The Morgan fingerprint density at radius 3 is 2.00 bits per heavy atom. The first-order chi connectivity index (χ1) is 13.5. The number of nitrogens with zero attached hydrogens (tertiary/aromatic N) is 2. The normalized spacial score (nSPS) is 16.2. The smallest absolute Gasteiger partial charge is 0.273 e. The Bertz CT molecular complexity index is 1020. The lowest BCUT2D eigenvalue weighted by Crippen LogP contribution is -2.46. The minimum absolute atomic E-state index is 0.0883. The van der Waals surface area contributed by atoms with Gasteiger partial charge in [0.15, 0.2) is 5.69 Å². The van der Waals surface area contributed by atoms with Gasteiger partial charge in [0.25, 0.3) is 5.91 Å². The number of benzene rings is 1. The van der Waals surface area contributed by atoms with E-state index in [0.717, 1.165) is 27.8 Å². The fraction of sp³-hybridized carbons (Fsp3) is 0.524. The first kappa shape index (κ1) is 21.5. The molecule has 1 aliphatic heterocycles. The predicted molar refractivity (Wildman–Crippen MR) is 111 cm³/mol. The number of aryl methyl sites for hydroxylation is 1. The summed E-state index contributed by atoms with van der Waals surface area (Å²) < 4.78 is 33.3. The number of piperidine rings is 1. The van der Waals surface area contributed by atoms with Gasteiger partial charge in [-0.1, -0.05) is 5.16 Å². The highest BCUT2D eigenvalue weighted by atomic mass is 32.2. The van der Waals surface area contributed by atoms with Gasteiger partial charge in [0, 0.05) is 25.2 Å². The summed E-state index contributed by atoms with van der Waals surface area (Å²) in [7, 11) is -3.59. The van der Waals surface area contributed by atoms with Crippen LogP contribution >= 0.6 is 0 Å². The fourth-order valence-corrected chi connectivity index (χ4v) is 5.98. The quantitative estimate of drug-likeness (QED) is 0.822. The summed E-state index contributed by atoms with van der Waals surface area (Å²) in [5.74, 6) is 0.283. The Labute approximate surface area is 172 Å². The van der Waals surface area contributed by atoms with Crippen molar-refractivity contribution in [3.8, 4) is 0 Å². The van der Waals surface area contributed by atoms with E-state index < -0.39 is 10.0 Å². The maximum Gasteiger partial charge on any atom is 0.273 e. The van der Waals surface area contributed by atoms with Gasteiger partial charge in [-0.2, -0.15) is 4.31 Å². The molecule has 29 heavy (non-hydrogen) atoms. The van der Waals surface area contributed by atoms with E-state index in [-0.39, 0.29) is 17.6 Å². The largest absolute Gasteiger partial charge is 0.361 e. The number of carbonyl (C=O) groups excluding carboxylic acids is 1. The topological polar surface area (TPSA) is 92.5 Å². The summed E-state index contributed by atoms with van der Waals surface area (Å²) in [5, 5.41) is 6.65. The molecule has 2 heterocycles. The summed E-state index contributed by atoms with van der Waals surface area (Å²) in [6, 6.07) is 1.50. The molecule has 1 saturated heterocycles. The van der Waals surface area contributed by atoms with Crippen molar-refractivity contribution in [2.24, 2.45) is 0 Å². The summed E-state index contributed by atoms with van der Waals surface area (Å²) in [5.41, 5.74) is 5.08. The zero-order valence-electron chi connectivity index (χ0n) is 17.9. The second-order valence-electron chi connectivity index (χ2n) is 7.93. The van der Waals surface area contributed by atoms with E-state index in [9.17, 15) is 13.2 Å². The van der Waals surface area contributed by atoms with Crippen molar-refractivity contribution < 1.29 is 17.7 Å². The average molecular weight is 420 g/mol. The van der Waals surface area contributed by atoms with Crippen molar-refractivity contribution in [1.29, 1.82) is 0 Å². The molecule has 1 amide bonds. The third-order valence-corrected chi connectivity index (χ3v) is 8.35. The van der Waals surface area contributed by atoms with Crippen LogP contribution in [0.3, 0.4) is 0 Å². The molecule has 0 bridgehead atoms. The van der Waals surface area contributed by atoms with Crippen LogP contribution in [0.5, 0.6) is 0 Å². The Hall–Kier alpha value is -2.19. The molecule has 0 spiro atoms. The van der Waals surface area contributed by atoms with Gasteiger partial charge in [0.05, 0.1) is 4.90 Å². The van der Waals surface area contributed by atoms with Crippen molar-refractivity contribution >= 4 is 15.9 Å². The SMILES string of the molecule is Cc1cc(C(=O)NC2CCN(S(=O)(=O)c3c(C)c(C)c(C)c(C)c3C)CC2)no1. The Kier molecular flexibility index (Phi) is 5.87. The lowest BCUT2D eigenvalue weighted by molar-refractivity contribution is 0.0914. The molecule has 158 valence electrons. The Morgan fingerprint density at radius 2 is 1.52 bits per heavy atom. The Balaban J connectivity index is 1.75. The number of carbonyl (C=O) groups is 1. The standard InChI is InChI=1S/C21H29N3O4S/c1-12-11-19(23-28-12)21(25)22-18-7-9-24(10-8-18)29(26,27)20-16(5)14(3)13(2)15(4)17(20)6/h11,18H,7-10H2,1-6H3,(H,22,25). The summed E-state index contributed by atoms with van der Waals surface area (Å²) in [6.45, 7) is 12.2. The van der Waals surface area contributed by atoms with Crippen LogP contribution in [0.2, 0.25) is 0 Å². The Morgan fingerprint density at radius 1 is 1.00 bits per heavy atom. The van der Waals surface area contributed by atoms with Gasteiger partial charge in [-0.3, -0.25) is 4.79 Å². The number of aromatic nitrogens is 1. The first-order valence-electron chi connectivity index (χ1n) is 9.85. The number of amides is 1. The van der Waals surface area contributed by atoms with Gasteiger partial charge >= 0.3 is 0 Å². The molecule has 0 unspecified atom stereocenters. The molecule has 1 aromatic heterocycles. The minimum atomic E-state index is -3.59. The second kappa shape index (κ2) is 7.91. The van der Waals surface area contributed by atoms with Crippen LogP contribution in [-0.2, 0) is 10.0 Å². The highest BCUT2D eigenvalue weighted by molar-refractivity contribution is 7.89. The second-order valence-corrected chi connectivity index (χ2v) is 9.80. The van der Waals surface area contributed by atoms with Gasteiger partial charge in [0.1, 0.15) is 5.76 Å². The zero-order valence-corrected chi connectivity index (χ0v) is 18.7. The maximum atomic E-state index is 13.4. The van der Waals surface area contributed by atoms with Crippen molar-refractivity contribution in [3.63, 3.8) is 0 Å². The minimum Gasteiger partial charge on any atom is -0.361 e. The monoisotopic (exact) mass is 419 g/mol. The molecule has 0 radical (unpaired) electrons. The van der Waals surface area contributed by atoms with Crippen LogP contribution in [0.15, 0.2) is 15.5 Å². The van der Waals surface area contributed by atoms with Gasteiger partial charge in [-0.05, 0) is 82.2 Å². The third-order valence-electron chi connectivity index (χ3n) is 6.18. The van der Waals surface area contributed by atoms with Crippen molar-refractivity contribution in [2.75, 3.05) is 13.1 Å². The van der Waals surface area contributed by atoms with E-state index in [1.54, 1.807) is 17.3 Å². The van der Waals surface area contributed by atoms with Gasteiger partial charge in [-0.25, -0.2) is 8.42 Å². The molecule has 1 N–H and O–H groups in total. The van der Waals surface area contributed by atoms with E-state index in [2.05, 4.69) is 10.5 Å². The van der Waals surface area contributed by atoms with Crippen molar-refractivity contribution in [2.45, 2.75) is 65.3 Å². The number of rotatable bonds is 4. The molecule has 1 aliphatic rings. The molecule has 0 aliphatic carbocycles. The van der Waals surface area contributed by atoms with Crippen LogP contribution in [0.4, 0.5) is 0 Å². The van der Waals surface area contributed by atoms with Crippen molar-refractivity contribution in [1.82, 2.24) is 14.8 Å². The fourth-order valence-electron chi connectivity index (χ4n) is 3.95. The first-order valence-corrected chi connectivity index (χ1v) is 11.3. The molecular formula is C21H29N3O4S. The molecule has 0 saturated carbocycles. The summed E-state index contributed by atoms with van der Waals surface area (Å²) in [4.78, 5) is 12.7. The van der Waals surface area contributed by atoms with Crippen LogP contribution in [0.25, 0.3) is 0 Å². The molecule has 1 fully saturated rings. The van der Waals surface area contributed by atoms with E-state index in [4.69, 9.17) is 4.52 Å². The number of hydrogen-bond acceptors (Lipinski definition) is 5. The highest BCUT2D eigenvalue weighted by Gasteiger charge is 2.33. The number of hydrogen-bond donors (Lipinski definition) is 1. The van der Waals surface area contributed by atoms with Gasteiger partial charge < -0.3 is 9.84 Å². The molecular weight excluding hydrogens is 390 g/mol. The van der Waals surface area contributed by atoms with Crippen LogP contribution in [-0.4, -0.2) is 42.9 Å². The van der Waals surface area contributed by atoms with E-state index in [1.807, 2.05) is 34.6 Å².